The molecule has 1 aromatic rings. The Bertz CT molecular complexity index is 518. The van der Waals surface area contributed by atoms with Crippen molar-refractivity contribution in [2.75, 3.05) is 52.0 Å². The number of nitrogens with one attached hydrogen (secondary N) is 1. The van der Waals surface area contributed by atoms with Crippen molar-refractivity contribution in [3.05, 3.63) is 29.8 Å². The van der Waals surface area contributed by atoms with Crippen LogP contribution in [0.25, 0.3) is 0 Å². The van der Waals surface area contributed by atoms with E-state index in [2.05, 4.69) is 19.2 Å². The lowest BCUT2D eigenvalue weighted by Gasteiger charge is -2.38. The molecule has 142 valence electrons. The topological polar surface area (TPSA) is 75.4 Å². The van der Waals surface area contributed by atoms with Crippen molar-refractivity contribution in [3.8, 4) is 0 Å². The van der Waals surface area contributed by atoms with Crippen LogP contribution < -0.4 is 23.5 Å². The monoisotopic (exact) mass is 370 g/mol. The highest BCUT2D eigenvalue weighted by Gasteiger charge is 2.24. The first-order valence-electron chi connectivity index (χ1n) is 8.61. The fourth-order valence-corrected chi connectivity index (χ4v) is 2.85. The molecule has 0 aromatic heterocycles. The molecular weight excluding hydrogens is 340 g/mol. The molecule has 7 heteroatoms. The van der Waals surface area contributed by atoms with Gasteiger partial charge in [-0.3, -0.25) is 9.59 Å². The Hall–Kier alpha value is -1.79. The van der Waals surface area contributed by atoms with Crippen molar-refractivity contribution < 1.29 is 26.5 Å². The summed E-state index contributed by atoms with van der Waals surface area (Å²) in [5.41, 5.74) is 6.99. The number of carbonyl (C=O) groups is 2. The van der Waals surface area contributed by atoms with E-state index in [0.717, 1.165) is 43.5 Å². The minimum Gasteiger partial charge on any atom is -1.00 e. The van der Waals surface area contributed by atoms with Crippen molar-refractivity contribution >= 4 is 18.0 Å². The van der Waals surface area contributed by atoms with Gasteiger partial charge in [-0.1, -0.05) is 0 Å². The molecule has 0 saturated heterocycles. The van der Waals surface area contributed by atoms with Crippen molar-refractivity contribution in [1.29, 1.82) is 0 Å². The molecule has 0 radical (unpaired) electrons. The van der Waals surface area contributed by atoms with E-state index in [4.69, 9.17) is 5.73 Å². The van der Waals surface area contributed by atoms with Gasteiger partial charge in [0.25, 0.3) is 5.91 Å². The number of nitrogens with two attached hydrogens (primary N) is 1. The summed E-state index contributed by atoms with van der Waals surface area (Å²) in [6.07, 6.45) is 1.68. The van der Waals surface area contributed by atoms with Crippen molar-refractivity contribution in [2.45, 2.75) is 20.3 Å². The van der Waals surface area contributed by atoms with Crippen LogP contribution in [0, 0.1) is 0 Å². The Labute approximate surface area is 157 Å². The maximum Gasteiger partial charge on any atom is 0.253 e. The van der Waals surface area contributed by atoms with Gasteiger partial charge in [-0.25, -0.2) is 0 Å². The van der Waals surface area contributed by atoms with E-state index in [9.17, 15) is 9.59 Å². The first-order chi connectivity index (χ1) is 11.5. The van der Waals surface area contributed by atoms with Crippen LogP contribution in [0.5, 0.6) is 0 Å². The smallest absolute Gasteiger partial charge is 0.253 e. The van der Waals surface area contributed by atoms with Crippen LogP contribution in [0.1, 0.15) is 30.6 Å². The molecule has 0 aliphatic heterocycles. The summed E-state index contributed by atoms with van der Waals surface area (Å²) in [5.74, 6) is 0.0166. The van der Waals surface area contributed by atoms with E-state index in [1.165, 1.54) is 0 Å². The number of benzene rings is 1. The van der Waals surface area contributed by atoms with Crippen LogP contribution in [-0.4, -0.2) is 68.0 Å². The van der Waals surface area contributed by atoms with Gasteiger partial charge in [0.1, 0.15) is 0 Å². The standard InChI is InChI=1S/C18H30N4O2.ClH/c1-4-22(5-2,13-6-11-20-15-23)14-12-21(3)18(24)16-7-9-17(19)10-8-16;/h7-10,15H,4-6,11-14H2,1-3H3,(H2-,19,20,23,24);1H. The summed E-state index contributed by atoms with van der Waals surface area (Å²) in [4.78, 5) is 24.6. The number of amides is 2. The molecular formula is C18H31ClN4O2. The Morgan fingerprint density at radius 3 is 2.32 bits per heavy atom. The average molecular weight is 371 g/mol. The highest BCUT2D eigenvalue weighted by atomic mass is 35.5. The van der Waals surface area contributed by atoms with Gasteiger partial charge in [0.15, 0.2) is 0 Å². The third-order valence-electron chi connectivity index (χ3n) is 4.79. The Kier molecular flexibility index (Phi) is 10.9. The zero-order chi connectivity index (χ0) is 18.0. The van der Waals surface area contributed by atoms with Crippen LogP contribution in [0.2, 0.25) is 0 Å². The second-order valence-corrected chi connectivity index (χ2v) is 6.20. The molecule has 3 N–H and O–H groups in total. The number of quaternary nitrogens is 1. The zero-order valence-electron chi connectivity index (χ0n) is 15.5. The molecule has 0 aliphatic rings. The molecule has 1 rings (SSSR count). The molecule has 25 heavy (non-hydrogen) atoms. The van der Waals surface area contributed by atoms with Crippen LogP contribution in [0.4, 0.5) is 5.69 Å². The van der Waals surface area contributed by atoms with Crippen molar-refractivity contribution in [2.24, 2.45) is 0 Å². The lowest BCUT2D eigenvalue weighted by Crippen LogP contribution is -3.00. The Morgan fingerprint density at radius 2 is 1.80 bits per heavy atom. The Morgan fingerprint density at radius 1 is 1.20 bits per heavy atom. The highest BCUT2D eigenvalue weighted by molar-refractivity contribution is 5.94. The molecule has 0 unspecified atom stereocenters. The minimum atomic E-state index is 0. The third-order valence-corrected chi connectivity index (χ3v) is 4.79. The predicted molar refractivity (Wildman–Crippen MR) is 97.6 cm³/mol. The normalized spacial score (nSPS) is 10.7. The number of anilines is 1. The second-order valence-electron chi connectivity index (χ2n) is 6.20. The molecule has 2 amide bonds. The number of nitrogen functional groups attached to an aromatic ring is 1. The van der Waals surface area contributed by atoms with Crippen LogP contribution in [0.3, 0.4) is 0 Å². The Balaban J connectivity index is 0.00000576. The van der Waals surface area contributed by atoms with E-state index in [1.54, 1.807) is 29.2 Å². The van der Waals surface area contributed by atoms with Crippen molar-refractivity contribution in [1.82, 2.24) is 10.2 Å². The SMILES string of the molecule is CC[N+](CC)(CCCNC=O)CCN(C)C(=O)c1ccc(N)cc1.[Cl-]. The number of nitrogens with zero attached hydrogens (tertiary/aromatic N) is 2. The third kappa shape index (κ3) is 7.32. The maximum atomic E-state index is 12.5. The molecule has 0 heterocycles. The van der Waals surface area contributed by atoms with Gasteiger partial charge < -0.3 is 32.8 Å². The summed E-state index contributed by atoms with van der Waals surface area (Å²) in [7, 11) is 1.84. The van der Waals surface area contributed by atoms with Crippen LogP contribution in [-0.2, 0) is 4.79 Å². The summed E-state index contributed by atoms with van der Waals surface area (Å²) in [6.45, 7) is 9.69. The van der Waals surface area contributed by atoms with Gasteiger partial charge in [-0.05, 0) is 38.1 Å². The largest absolute Gasteiger partial charge is 1.00 e. The van der Waals surface area contributed by atoms with Gasteiger partial charge in [0, 0.05) is 31.3 Å². The minimum absolute atomic E-state index is 0. The number of rotatable bonds is 11. The van der Waals surface area contributed by atoms with Crippen LogP contribution >= 0.6 is 0 Å². The molecule has 0 atom stereocenters. The number of hydrogen-bond donors (Lipinski definition) is 2. The molecule has 0 fully saturated rings. The zero-order valence-corrected chi connectivity index (χ0v) is 16.3. The summed E-state index contributed by atoms with van der Waals surface area (Å²) in [6, 6.07) is 7.03. The van der Waals surface area contributed by atoms with E-state index in [1.807, 2.05) is 7.05 Å². The molecule has 0 spiro atoms. The van der Waals surface area contributed by atoms with E-state index < -0.39 is 0 Å². The lowest BCUT2D eigenvalue weighted by molar-refractivity contribution is -0.924. The quantitative estimate of drug-likeness (QED) is 0.212. The average Bonchev–Trinajstić information content (AvgIpc) is 2.61. The molecule has 6 nitrogen and oxygen atoms in total. The summed E-state index contributed by atoms with van der Waals surface area (Å²) >= 11 is 0. The molecule has 1 aromatic carbocycles. The van der Waals surface area contributed by atoms with Gasteiger partial charge >= 0.3 is 0 Å². The summed E-state index contributed by atoms with van der Waals surface area (Å²) < 4.78 is 0.944. The maximum absolute atomic E-state index is 12.5. The highest BCUT2D eigenvalue weighted by Crippen LogP contribution is 2.11. The van der Waals surface area contributed by atoms with Crippen molar-refractivity contribution in [3.63, 3.8) is 0 Å². The molecule has 0 aliphatic carbocycles. The fourth-order valence-electron chi connectivity index (χ4n) is 2.85. The lowest BCUT2D eigenvalue weighted by atomic mass is 10.2. The first-order valence-corrected chi connectivity index (χ1v) is 8.61. The van der Waals surface area contributed by atoms with E-state index >= 15 is 0 Å². The predicted octanol–water partition coefficient (Wildman–Crippen LogP) is -1.66. The van der Waals surface area contributed by atoms with E-state index in [-0.39, 0.29) is 18.3 Å². The van der Waals surface area contributed by atoms with Crippen LogP contribution in [0.15, 0.2) is 24.3 Å². The van der Waals surface area contributed by atoms with Gasteiger partial charge in [0.05, 0.1) is 32.7 Å². The number of halogens is 1. The van der Waals surface area contributed by atoms with E-state index in [0.29, 0.717) is 24.3 Å². The fraction of sp³-hybridized carbons (Fsp3) is 0.556. The molecule has 0 saturated carbocycles. The molecule has 0 bridgehead atoms. The second kappa shape index (κ2) is 11.7. The number of carbonyl (C=O) groups excluding carboxylic acids is 2. The van der Waals surface area contributed by atoms with Gasteiger partial charge in [-0.15, -0.1) is 0 Å². The van der Waals surface area contributed by atoms with Gasteiger partial charge in [-0.2, -0.15) is 0 Å². The number of likely N-dealkylation sites (N-methyl/N-ethyl adjacent to an activating group) is 2. The first kappa shape index (κ1) is 23.2. The summed E-state index contributed by atoms with van der Waals surface area (Å²) in [5, 5.41) is 2.71. The number of hydrogen-bond acceptors (Lipinski definition) is 3. The van der Waals surface area contributed by atoms with Gasteiger partial charge in [0.2, 0.25) is 6.41 Å².